The van der Waals surface area contributed by atoms with E-state index in [2.05, 4.69) is 9.46 Å². The molecule has 9 heteroatoms. The van der Waals surface area contributed by atoms with Crippen molar-refractivity contribution in [3.63, 3.8) is 0 Å². The molecule has 0 saturated carbocycles. The normalized spacial score (nSPS) is 14.2. The molecule has 3 rings (SSSR count). The Morgan fingerprint density at radius 1 is 1.20 bits per heavy atom. The van der Waals surface area contributed by atoms with Gasteiger partial charge in [-0.25, -0.2) is 13.2 Å². The van der Waals surface area contributed by atoms with Crippen LogP contribution < -0.4 is 4.72 Å². The number of hydrogen-bond acceptors (Lipinski definition) is 5. The fourth-order valence-electron chi connectivity index (χ4n) is 2.56. The van der Waals surface area contributed by atoms with Crippen molar-refractivity contribution in [2.75, 3.05) is 25.4 Å². The minimum absolute atomic E-state index is 0.0168. The van der Waals surface area contributed by atoms with Gasteiger partial charge < -0.3 is 14.2 Å². The molecule has 132 valence electrons. The van der Waals surface area contributed by atoms with Crippen LogP contribution in [0.1, 0.15) is 20.8 Å². The molecule has 1 aliphatic rings. The summed E-state index contributed by atoms with van der Waals surface area (Å²) in [7, 11) is -0.900. The summed E-state index contributed by atoms with van der Waals surface area (Å²) in [6.07, 6.45) is 1.45. The Hall–Kier alpha value is -2.81. The average Bonchev–Trinajstić information content (AvgIpc) is 3.04. The molecule has 2 heterocycles. The fraction of sp³-hybridized carbons (Fsp3) is 0.250. The quantitative estimate of drug-likeness (QED) is 0.822. The number of hydrogen-bond donors (Lipinski definition) is 1. The molecule has 2 aromatic rings. The lowest BCUT2D eigenvalue weighted by Gasteiger charge is -2.23. The van der Waals surface area contributed by atoms with Crippen LogP contribution in [0.15, 0.2) is 41.4 Å². The fourth-order valence-corrected chi connectivity index (χ4v) is 3.65. The zero-order valence-electron chi connectivity index (χ0n) is 13.7. The third-order valence-electron chi connectivity index (χ3n) is 3.98. The molecular formula is C16H17N3O5S. The first-order valence-corrected chi connectivity index (χ1v) is 8.97. The molecule has 0 aliphatic carbocycles. The number of fused-ring (bicyclic) bond motifs is 1. The van der Waals surface area contributed by atoms with Crippen LogP contribution in [0.4, 0.5) is 5.69 Å². The highest BCUT2D eigenvalue weighted by Crippen LogP contribution is 2.22. The number of carbonyl (C=O) groups is 2. The number of ether oxygens (including phenoxy) is 1. The van der Waals surface area contributed by atoms with Crippen LogP contribution in [0.5, 0.6) is 0 Å². The predicted molar refractivity (Wildman–Crippen MR) is 90.0 cm³/mol. The van der Waals surface area contributed by atoms with E-state index in [1.165, 1.54) is 43.6 Å². The second-order valence-electron chi connectivity index (χ2n) is 5.66. The molecule has 0 unspecified atom stereocenters. The number of aromatic nitrogens is 1. The SMILES string of the molecule is COC(=O)c1ccc(NS(=O)(=O)c2cc3n(c2)CCN(C)C3=O)cc1. The van der Waals surface area contributed by atoms with Crippen molar-refractivity contribution in [3.8, 4) is 0 Å². The number of nitrogens with one attached hydrogen (secondary N) is 1. The molecular weight excluding hydrogens is 346 g/mol. The number of nitrogens with zero attached hydrogens (tertiary/aromatic N) is 2. The summed E-state index contributed by atoms with van der Waals surface area (Å²) in [5.74, 6) is -0.715. The largest absolute Gasteiger partial charge is 0.465 e. The molecule has 1 aromatic carbocycles. The Balaban J connectivity index is 1.84. The molecule has 0 saturated heterocycles. The van der Waals surface area contributed by atoms with Crippen molar-refractivity contribution < 1.29 is 22.7 Å². The van der Waals surface area contributed by atoms with E-state index in [9.17, 15) is 18.0 Å². The van der Waals surface area contributed by atoms with Gasteiger partial charge in [-0.2, -0.15) is 0 Å². The van der Waals surface area contributed by atoms with Crippen LogP contribution >= 0.6 is 0 Å². The Morgan fingerprint density at radius 2 is 1.88 bits per heavy atom. The number of amides is 1. The van der Waals surface area contributed by atoms with Gasteiger partial charge in [-0.3, -0.25) is 9.52 Å². The predicted octanol–water partition coefficient (Wildman–Crippen LogP) is 1.16. The number of methoxy groups -OCH3 is 1. The van der Waals surface area contributed by atoms with E-state index in [0.717, 1.165) is 0 Å². The maximum Gasteiger partial charge on any atom is 0.337 e. The summed E-state index contributed by atoms with van der Waals surface area (Å²) < 4.78 is 33.8. The van der Waals surface area contributed by atoms with Crippen molar-refractivity contribution in [2.45, 2.75) is 11.4 Å². The number of likely N-dealkylation sites (N-methyl/N-ethyl adjacent to an activating group) is 1. The van der Waals surface area contributed by atoms with Gasteiger partial charge in [0.15, 0.2) is 0 Å². The highest BCUT2D eigenvalue weighted by atomic mass is 32.2. The lowest BCUT2D eigenvalue weighted by atomic mass is 10.2. The van der Waals surface area contributed by atoms with Crippen molar-refractivity contribution in [1.29, 1.82) is 0 Å². The summed E-state index contributed by atoms with van der Waals surface area (Å²) in [5.41, 5.74) is 0.967. The Bertz CT molecular complexity index is 931. The van der Waals surface area contributed by atoms with Crippen LogP contribution in [0, 0.1) is 0 Å². The van der Waals surface area contributed by atoms with E-state index < -0.39 is 16.0 Å². The number of anilines is 1. The number of benzene rings is 1. The standard InChI is InChI=1S/C16H17N3O5S/c1-18-7-8-19-10-13(9-14(19)15(18)20)25(22,23)17-12-5-3-11(4-6-12)16(21)24-2/h3-6,9-10,17H,7-8H2,1-2H3. The summed E-state index contributed by atoms with van der Waals surface area (Å²) in [5, 5.41) is 0. The second kappa shape index (κ2) is 6.25. The van der Waals surface area contributed by atoms with Gasteiger partial charge in [0, 0.05) is 32.0 Å². The zero-order chi connectivity index (χ0) is 18.2. The third kappa shape index (κ3) is 3.22. The minimum atomic E-state index is -3.84. The van der Waals surface area contributed by atoms with Gasteiger partial charge in [-0.05, 0) is 30.3 Å². The molecule has 8 nitrogen and oxygen atoms in total. The molecule has 0 fully saturated rings. The first-order chi connectivity index (χ1) is 11.8. The lowest BCUT2D eigenvalue weighted by Crippen LogP contribution is -2.36. The summed E-state index contributed by atoms with van der Waals surface area (Å²) in [4.78, 5) is 25.1. The van der Waals surface area contributed by atoms with E-state index in [-0.39, 0.29) is 10.8 Å². The van der Waals surface area contributed by atoms with Gasteiger partial charge >= 0.3 is 5.97 Å². The third-order valence-corrected chi connectivity index (χ3v) is 5.33. The molecule has 0 spiro atoms. The van der Waals surface area contributed by atoms with Crippen molar-refractivity contribution >= 4 is 27.6 Å². The van der Waals surface area contributed by atoms with Gasteiger partial charge in [0.1, 0.15) is 10.6 Å². The zero-order valence-corrected chi connectivity index (χ0v) is 14.5. The molecule has 1 N–H and O–H groups in total. The highest BCUT2D eigenvalue weighted by Gasteiger charge is 2.26. The molecule has 1 aliphatic heterocycles. The maximum atomic E-state index is 12.5. The maximum absolute atomic E-state index is 12.5. The number of rotatable bonds is 4. The van der Waals surface area contributed by atoms with E-state index in [0.29, 0.717) is 30.0 Å². The van der Waals surface area contributed by atoms with Gasteiger partial charge in [-0.1, -0.05) is 0 Å². The molecule has 1 amide bonds. The smallest absolute Gasteiger partial charge is 0.337 e. The number of sulfonamides is 1. The minimum Gasteiger partial charge on any atom is -0.465 e. The topological polar surface area (TPSA) is 97.7 Å². The van der Waals surface area contributed by atoms with Crippen molar-refractivity contribution in [3.05, 3.63) is 47.8 Å². The monoisotopic (exact) mass is 363 g/mol. The molecule has 0 radical (unpaired) electrons. The highest BCUT2D eigenvalue weighted by molar-refractivity contribution is 7.92. The van der Waals surface area contributed by atoms with Crippen LogP contribution in [0.3, 0.4) is 0 Å². The van der Waals surface area contributed by atoms with E-state index in [4.69, 9.17) is 0 Å². The van der Waals surface area contributed by atoms with Gasteiger partial charge in [-0.15, -0.1) is 0 Å². The van der Waals surface area contributed by atoms with Gasteiger partial charge in [0.2, 0.25) is 0 Å². The van der Waals surface area contributed by atoms with Crippen LogP contribution in [-0.2, 0) is 21.3 Å². The molecule has 1 aromatic heterocycles. The number of esters is 1. The van der Waals surface area contributed by atoms with E-state index in [1.54, 1.807) is 16.5 Å². The first-order valence-electron chi connectivity index (χ1n) is 7.48. The molecule has 0 atom stereocenters. The Labute approximate surface area is 145 Å². The Kier molecular flexibility index (Phi) is 4.25. The molecule has 0 bridgehead atoms. The summed E-state index contributed by atoms with van der Waals surface area (Å²) in [6, 6.07) is 7.24. The van der Waals surface area contributed by atoms with Gasteiger partial charge in [0.25, 0.3) is 15.9 Å². The van der Waals surface area contributed by atoms with Crippen molar-refractivity contribution in [2.24, 2.45) is 0 Å². The summed E-state index contributed by atoms with van der Waals surface area (Å²) in [6.45, 7) is 1.07. The average molecular weight is 363 g/mol. The van der Waals surface area contributed by atoms with E-state index in [1.807, 2.05) is 0 Å². The van der Waals surface area contributed by atoms with Gasteiger partial charge in [0.05, 0.1) is 12.7 Å². The van der Waals surface area contributed by atoms with Crippen LogP contribution in [0.2, 0.25) is 0 Å². The van der Waals surface area contributed by atoms with E-state index >= 15 is 0 Å². The van der Waals surface area contributed by atoms with Crippen molar-refractivity contribution in [1.82, 2.24) is 9.47 Å². The van der Waals surface area contributed by atoms with Crippen LogP contribution in [0.25, 0.3) is 0 Å². The van der Waals surface area contributed by atoms with Crippen LogP contribution in [-0.4, -0.2) is 50.5 Å². The summed E-state index contributed by atoms with van der Waals surface area (Å²) >= 11 is 0. The second-order valence-corrected chi connectivity index (χ2v) is 7.34. The first kappa shape index (κ1) is 17.0. The lowest BCUT2D eigenvalue weighted by molar-refractivity contribution is 0.0600. The molecule has 25 heavy (non-hydrogen) atoms. The Morgan fingerprint density at radius 3 is 2.52 bits per heavy atom. The number of carbonyl (C=O) groups excluding carboxylic acids is 2.